The van der Waals surface area contributed by atoms with E-state index in [1.807, 2.05) is 51.1 Å². The molecule has 0 atom stereocenters. The number of carbonyl (C=O) groups is 2. The monoisotopic (exact) mass is 380 g/mol. The average Bonchev–Trinajstić information content (AvgIpc) is 2.69. The van der Waals surface area contributed by atoms with Gasteiger partial charge in [0.25, 0.3) is 5.91 Å². The smallest absolute Gasteiger partial charge is 0.344 e. The lowest BCUT2D eigenvalue weighted by Gasteiger charge is -2.22. The van der Waals surface area contributed by atoms with Crippen molar-refractivity contribution in [3.8, 4) is 11.8 Å². The van der Waals surface area contributed by atoms with Crippen molar-refractivity contribution in [1.29, 1.82) is 5.26 Å². The Morgan fingerprint density at radius 2 is 1.75 bits per heavy atom. The number of rotatable bonds is 8. The van der Waals surface area contributed by atoms with E-state index in [2.05, 4.69) is 0 Å². The molecule has 0 N–H and O–H groups in total. The van der Waals surface area contributed by atoms with Crippen LogP contribution in [0.3, 0.4) is 0 Å². The highest BCUT2D eigenvalue weighted by Gasteiger charge is 2.18. The molecule has 0 fully saturated rings. The molecule has 0 aliphatic carbocycles. The number of hydrogen-bond donors (Lipinski definition) is 0. The SMILES string of the molecule is Cc1ccc(N(CCC#N)C(=O)COC(=O)COc2cccc(C)c2C)cc1. The Labute approximate surface area is 165 Å². The maximum absolute atomic E-state index is 12.5. The first-order valence-electron chi connectivity index (χ1n) is 9.01. The molecule has 0 saturated heterocycles. The van der Waals surface area contributed by atoms with Gasteiger partial charge in [0, 0.05) is 12.2 Å². The minimum Gasteiger partial charge on any atom is -0.482 e. The quantitative estimate of drug-likeness (QED) is 0.655. The Hall–Kier alpha value is -3.33. The number of amides is 1. The van der Waals surface area contributed by atoms with Gasteiger partial charge in [0.1, 0.15) is 5.75 Å². The Balaban J connectivity index is 1.92. The fourth-order valence-electron chi connectivity index (χ4n) is 2.56. The summed E-state index contributed by atoms with van der Waals surface area (Å²) in [7, 11) is 0. The summed E-state index contributed by atoms with van der Waals surface area (Å²) in [6.07, 6.45) is 0.184. The fourth-order valence-corrected chi connectivity index (χ4v) is 2.56. The normalized spacial score (nSPS) is 10.1. The molecule has 1 amide bonds. The van der Waals surface area contributed by atoms with Gasteiger partial charge in [-0.1, -0.05) is 29.8 Å². The third kappa shape index (κ3) is 5.85. The second-order valence-corrected chi connectivity index (χ2v) is 6.44. The Kier molecular flexibility index (Phi) is 7.58. The van der Waals surface area contributed by atoms with Gasteiger partial charge in [0.05, 0.1) is 12.5 Å². The van der Waals surface area contributed by atoms with Gasteiger partial charge in [-0.2, -0.15) is 5.26 Å². The maximum Gasteiger partial charge on any atom is 0.344 e. The van der Waals surface area contributed by atoms with Gasteiger partial charge in [-0.3, -0.25) is 4.79 Å². The van der Waals surface area contributed by atoms with Crippen molar-refractivity contribution in [2.75, 3.05) is 24.7 Å². The van der Waals surface area contributed by atoms with Crippen LogP contribution < -0.4 is 9.64 Å². The van der Waals surface area contributed by atoms with E-state index in [1.165, 1.54) is 4.90 Å². The largest absolute Gasteiger partial charge is 0.482 e. The van der Waals surface area contributed by atoms with Gasteiger partial charge in [-0.25, -0.2) is 4.79 Å². The van der Waals surface area contributed by atoms with Crippen molar-refractivity contribution in [2.45, 2.75) is 27.2 Å². The first kappa shape index (κ1) is 21.0. The lowest BCUT2D eigenvalue weighted by molar-refractivity contribution is -0.149. The van der Waals surface area contributed by atoms with Gasteiger partial charge < -0.3 is 14.4 Å². The molecular formula is C22H24N2O4. The van der Waals surface area contributed by atoms with E-state index >= 15 is 0 Å². The van der Waals surface area contributed by atoms with Crippen molar-refractivity contribution >= 4 is 17.6 Å². The van der Waals surface area contributed by atoms with Gasteiger partial charge in [-0.05, 0) is 50.1 Å². The topological polar surface area (TPSA) is 79.6 Å². The number of benzene rings is 2. The van der Waals surface area contributed by atoms with Crippen LogP contribution in [0.4, 0.5) is 5.69 Å². The number of nitriles is 1. The van der Waals surface area contributed by atoms with E-state index < -0.39 is 12.6 Å². The summed E-state index contributed by atoms with van der Waals surface area (Å²) >= 11 is 0. The zero-order valence-electron chi connectivity index (χ0n) is 16.4. The summed E-state index contributed by atoms with van der Waals surface area (Å²) in [6.45, 7) is 5.36. The molecule has 0 heterocycles. The summed E-state index contributed by atoms with van der Waals surface area (Å²) in [5.41, 5.74) is 3.74. The minimum atomic E-state index is -0.626. The van der Waals surface area contributed by atoms with E-state index in [9.17, 15) is 9.59 Å². The van der Waals surface area contributed by atoms with Crippen molar-refractivity contribution in [3.05, 3.63) is 59.2 Å². The summed E-state index contributed by atoms with van der Waals surface area (Å²) in [5, 5.41) is 8.84. The van der Waals surface area contributed by atoms with Gasteiger partial charge in [-0.15, -0.1) is 0 Å². The second-order valence-electron chi connectivity index (χ2n) is 6.44. The molecule has 6 heteroatoms. The highest BCUT2D eigenvalue weighted by Crippen LogP contribution is 2.20. The summed E-state index contributed by atoms with van der Waals surface area (Å²) in [6, 6.07) is 15.0. The highest BCUT2D eigenvalue weighted by molar-refractivity contribution is 5.95. The lowest BCUT2D eigenvalue weighted by atomic mass is 10.1. The van der Waals surface area contributed by atoms with Crippen LogP contribution in [-0.4, -0.2) is 31.6 Å². The Morgan fingerprint density at radius 1 is 1.04 bits per heavy atom. The first-order chi connectivity index (χ1) is 13.4. The molecule has 2 aromatic carbocycles. The number of ether oxygens (including phenoxy) is 2. The molecule has 0 spiro atoms. The Morgan fingerprint density at radius 3 is 2.43 bits per heavy atom. The van der Waals surface area contributed by atoms with Crippen molar-refractivity contribution in [2.24, 2.45) is 0 Å². The molecule has 0 aliphatic rings. The average molecular weight is 380 g/mol. The molecule has 0 aromatic heterocycles. The molecule has 28 heavy (non-hydrogen) atoms. The lowest BCUT2D eigenvalue weighted by Crippen LogP contribution is -2.36. The number of esters is 1. The Bertz CT molecular complexity index is 869. The number of nitrogens with zero attached hydrogens (tertiary/aromatic N) is 2. The van der Waals surface area contributed by atoms with Crippen LogP contribution in [0.5, 0.6) is 5.75 Å². The van der Waals surface area contributed by atoms with E-state index in [1.54, 1.807) is 18.2 Å². The predicted molar refractivity (Wildman–Crippen MR) is 106 cm³/mol. The molecule has 2 rings (SSSR count). The first-order valence-corrected chi connectivity index (χ1v) is 9.01. The van der Waals surface area contributed by atoms with Crippen LogP contribution in [0.25, 0.3) is 0 Å². The molecule has 6 nitrogen and oxygen atoms in total. The van der Waals surface area contributed by atoms with Crippen molar-refractivity contribution in [1.82, 2.24) is 0 Å². The molecule has 0 aliphatic heterocycles. The maximum atomic E-state index is 12.5. The third-order valence-corrected chi connectivity index (χ3v) is 4.35. The van der Waals surface area contributed by atoms with Gasteiger partial charge in [0.15, 0.2) is 13.2 Å². The summed E-state index contributed by atoms with van der Waals surface area (Å²) in [5.74, 6) is -0.406. The molecule has 2 aromatic rings. The molecule has 0 bridgehead atoms. The van der Waals surface area contributed by atoms with Crippen LogP contribution in [0.2, 0.25) is 0 Å². The number of aryl methyl sites for hydroxylation is 2. The molecule has 146 valence electrons. The van der Waals surface area contributed by atoms with E-state index in [4.69, 9.17) is 14.7 Å². The van der Waals surface area contributed by atoms with Crippen LogP contribution in [-0.2, 0) is 14.3 Å². The molecule has 0 saturated carbocycles. The molecule has 0 radical (unpaired) electrons. The zero-order chi connectivity index (χ0) is 20.5. The van der Waals surface area contributed by atoms with Crippen molar-refractivity contribution in [3.63, 3.8) is 0 Å². The van der Waals surface area contributed by atoms with Gasteiger partial charge in [0.2, 0.25) is 0 Å². The van der Waals surface area contributed by atoms with Crippen molar-refractivity contribution < 1.29 is 19.1 Å². The predicted octanol–water partition coefficient (Wildman–Crippen LogP) is 3.48. The number of hydrogen-bond acceptors (Lipinski definition) is 5. The molecular weight excluding hydrogens is 356 g/mol. The highest BCUT2D eigenvalue weighted by atomic mass is 16.6. The number of anilines is 1. The van der Waals surface area contributed by atoms with E-state index in [-0.39, 0.29) is 25.5 Å². The van der Waals surface area contributed by atoms with E-state index in [0.29, 0.717) is 11.4 Å². The fraction of sp³-hybridized carbons (Fsp3) is 0.318. The zero-order valence-corrected chi connectivity index (χ0v) is 16.4. The van der Waals surface area contributed by atoms with Crippen LogP contribution in [0.15, 0.2) is 42.5 Å². The van der Waals surface area contributed by atoms with Crippen LogP contribution in [0, 0.1) is 32.1 Å². The third-order valence-electron chi connectivity index (χ3n) is 4.35. The summed E-state index contributed by atoms with van der Waals surface area (Å²) in [4.78, 5) is 25.9. The van der Waals surface area contributed by atoms with E-state index in [0.717, 1.165) is 16.7 Å². The van der Waals surface area contributed by atoms with Crippen LogP contribution >= 0.6 is 0 Å². The van der Waals surface area contributed by atoms with Crippen LogP contribution in [0.1, 0.15) is 23.1 Å². The summed E-state index contributed by atoms with van der Waals surface area (Å²) < 4.78 is 10.6. The van der Waals surface area contributed by atoms with Gasteiger partial charge >= 0.3 is 5.97 Å². The minimum absolute atomic E-state index is 0.184. The molecule has 0 unspecified atom stereocenters. The standard InChI is InChI=1S/C22H24N2O4/c1-16-8-10-19(11-9-16)24(13-5-12-23)21(25)14-28-22(26)15-27-20-7-4-6-17(2)18(20)3/h4,6-11H,5,13-15H2,1-3H3. The number of carbonyl (C=O) groups excluding carboxylic acids is 2. The second kappa shape index (κ2) is 10.1.